The Morgan fingerprint density at radius 2 is 0.906 bits per heavy atom. The van der Waals surface area contributed by atoms with E-state index in [4.69, 9.17) is 0 Å². The second kappa shape index (κ2) is 10.3. The molecular formula is C26H30N4S2. The van der Waals surface area contributed by atoms with Gasteiger partial charge >= 0.3 is 0 Å². The third-order valence-corrected chi connectivity index (χ3v) is 7.58. The van der Waals surface area contributed by atoms with E-state index in [0.717, 1.165) is 36.2 Å². The fourth-order valence-corrected chi connectivity index (χ4v) is 5.30. The van der Waals surface area contributed by atoms with Crippen molar-refractivity contribution in [2.45, 2.75) is 27.7 Å². The van der Waals surface area contributed by atoms with Crippen LogP contribution in [0.15, 0.2) is 60.9 Å². The summed E-state index contributed by atoms with van der Waals surface area (Å²) in [6.07, 6.45) is 3.82. The normalized spacial score (nSPS) is 13.6. The molecule has 166 valence electrons. The summed E-state index contributed by atoms with van der Waals surface area (Å²) in [5.41, 5.74) is 5.34. The van der Waals surface area contributed by atoms with Crippen LogP contribution in [0.3, 0.4) is 0 Å². The smallest absolute Gasteiger partial charge is 0.0900 e. The van der Waals surface area contributed by atoms with Crippen LogP contribution >= 0.6 is 22.7 Å². The zero-order valence-electron chi connectivity index (χ0n) is 19.2. The summed E-state index contributed by atoms with van der Waals surface area (Å²) in [6.45, 7) is 12.7. The number of piperazine rings is 1. The van der Waals surface area contributed by atoms with E-state index in [9.17, 15) is 0 Å². The molecule has 4 aromatic rings. The summed E-state index contributed by atoms with van der Waals surface area (Å²) in [5, 5.41) is 2.21. The lowest BCUT2D eigenvalue weighted by Crippen LogP contribution is -2.46. The third kappa shape index (κ3) is 5.75. The minimum atomic E-state index is 1.09. The Bertz CT molecular complexity index is 1030. The van der Waals surface area contributed by atoms with Crippen molar-refractivity contribution in [3.05, 3.63) is 82.1 Å². The summed E-state index contributed by atoms with van der Waals surface area (Å²) in [4.78, 5) is 15.8. The minimum Gasteiger partial charge on any atom is -0.368 e. The van der Waals surface area contributed by atoms with Gasteiger partial charge < -0.3 is 9.80 Å². The summed E-state index contributed by atoms with van der Waals surface area (Å²) in [6, 6.07) is 17.7. The van der Waals surface area contributed by atoms with Crippen molar-refractivity contribution >= 4 is 34.0 Å². The van der Waals surface area contributed by atoms with Crippen LogP contribution in [0.2, 0.25) is 0 Å². The first-order chi connectivity index (χ1) is 15.5. The number of thiazole rings is 2. The van der Waals surface area contributed by atoms with E-state index in [1.54, 1.807) is 22.7 Å². The summed E-state index contributed by atoms with van der Waals surface area (Å²) >= 11 is 3.43. The van der Waals surface area contributed by atoms with Crippen LogP contribution in [0.25, 0.3) is 9.75 Å². The van der Waals surface area contributed by atoms with Gasteiger partial charge in [-0.25, -0.2) is 9.97 Å². The molecule has 1 aliphatic rings. The second-order valence-corrected chi connectivity index (χ2v) is 10.6. The van der Waals surface area contributed by atoms with Gasteiger partial charge in [-0.05, 0) is 52.0 Å². The third-order valence-electron chi connectivity index (χ3n) is 5.56. The first-order valence-electron chi connectivity index (χ1n) is 11.0. The lowest BCUT2D eigenvalue weighted by Gasteiger charge is -2.37. The molecule has 32 heavy (non-hydrogen) atoms. The highest BCUT2D eigenvalue weighted by Gasteiger charge is 2.17. The first kappa shape index (κ1) is 22.5. The maximum Gasteiger partial charge on any atom is 0.0900 e. The molecule has 0 N–H and O–H groups in total. The Morgan fingerprint density at radius 3 is 1.19 bits per heavy atom. The molecule has 0 saturated carbocycles. The van der Waals surface area contributed by atoms with E-state index < -0.39 is 0 Å². The second-order valence-electron chi connectivity index (χ2n) is 8.13. The molecule has 6 heteroatoms. The standard InChI is InChI=1S/C18H22N2.C8H8N2S2/c1-15-3-7-17(8-4-15)19-11-13-20(14-12-19)18-9-5-16(2)6-10-18;1-5-9-3-7(11-5)8-4-10-6(2)12-8/h3-10H,11-14H2,1-2H3;3-4H,1-2H3. The van der Waals surface area contributed by atoms with Crippen LogP contribution in [0, 0.1) is 27.7 Å². The Morgan fingerprint density at radius 1 is 0.562 bits per heavy atom. The number of hydrogen-bond donors (Lipinski definition) is 0. The quantitative estimate of drug-likeness (QED) is 0.347. The molecule has 0 atom stereocenters. The summed E-state index contributed by atoms with van der Waals surface area (Å²) in [5.74, 6) is 0. The zero-order valence-corrected chi connectivity index (χ0v) is 20.8. The molecule has 1 saturated heterocycles. The molecular weight excluding hydrogens is 432 g/mol. The highest BCUT2D eigenvalue weighted by atomic mass is 32.1. The molecule has 1 fully saturated rings. The molecule has 0 unspecified atom stereocenters. The molecule has 0 spiro atoms. The zero-order chi connectivity index (χ0) is 22.5. The van der Waals surface area contributed by atoms with Gasteiger partial charge in [-0.3, -0.25) is 0 Å². The fourth-order valence-electron chi connectivity index (χ4n) is 3.68. The van der Waals surface area contributed by atoms with Gasteiger partial charge in [0, 0.05) is 49.9 Å². The molecule has 0 aliphatic carbocycles. The highest BCUT2D eigenvalue weighted by molar-refractivity contribution is 7.21. The van der Waals surface area contributed by atoms with Crippen LogP contribution in [-0.4, -0.2) is 36.1 Å². The van der Waals surface area contributed by atoms with Crippen molar-refractivity contribution in [2.24, 2.45) is 0 Å². The number of anilines is 2. The Kier molecular flexibility index (Phi) is 7.22. The van der Waals surface area contributed by atoms with Crippen molar-refractivity contribution in [1.82, 2.24) is 9.97 Å². The minimum absolute atomic E-state index is 1.09. The fraction of sp³-hybridized carbons (Fsp3) is 0.308. The van der Waals surface area contributed by atoms with Gasteiger partial charge in [0.1, 0.15) is 0 Å². The Balaban J connectivity index is 0.000000174. The van der Waals surface area contributed by atoms with Gasteiger partial charge in [-0.15, -0.1) is 22.7 Å². The number of rotatable bonds is 3. The lowest BCUT2D eigenvalue weighted by molar-refractivity contribution is 0.653. The van der Waals surface area contributed by atoms with E-state index in [1.165, 1.54) is 32.3 Å². The molecule has 2 aromatic heterocycles. The van der Waals surface area contributed by atoms with Crippen LogP contribution < -0.4 is 9.80 Å². The van der Waals surface area contributed by atoms with Crippen molar-refractivity contribution < 1.29 is 0 Å². The van der Waals surface area contributed by atoms with Gasteiger partial charge in [0.15, 0.2) is 0 Å². The van der Waals surface area contributed by atoms with Gasteiger partial charge in [-0.2, -0.15) is 0 Å². The number of aromatic nitrogens is 2. The lowest BCUT2D eigenvalue weighted by atomic mass is 10.1. The molecule has 1 aliphatic heterocycles. The van der Waals surface area contributed by atoms with Gasteiger partial charge in [-0.1, -0.05) is 35.4 Å². The molecule has 2 aromatic carbocycles. The van der Waals surface area contributed by atoms with Crippen molar-refractivity contribution in [1.29, 1.82) is 0 Å². The Hall–Kier alpha value is -2.70. The number of hydrogen-bond acceptors (Lipinski definition) is 6. The number of nitrogens with zero attached hydrogens (tertiary/aromatic N) is 4. The Labute approximate surface area is 199 Å². The van der Waals surface area contributed by atoms with Crippen LogP contribution in [0.4, 0.5) is 11.4 Å². The number of aryl methyl sites for hydroxylation is 4. The highest BCUT2D eigenvalue weighted by Crippen LogP contribution is 2.30. The van der Waals surface area contributed by atoms with E-state index >= 15 is 0 Å². The maximum absolute atomic E-state index is 4.20. The predicted molar refractivity (Wildman–Crippen MR) is 139 cm³/mol. The van der Waals surface area contributed by atoms with Crippen molar-refractivity contribution in [2.75, 3.05) is 36.0 Å². The average Bonchev–Trinajstić information content (AvgIpc) is 3.44. The summed E-state index contributed by atoms with van der Waals surface area (Å²) in [7, 11) is 0. The van der Waals surface area contributed by atoms with Crippen molar-refractivity contribution in [3.8, 4) is 9.75 Å². The van der Waals surface area contributed by atoms with Crippen molar-refractivity contribution in [3.63, 3.8) is 0 Å². The number of benzene rings is 2. The molecule has 0 bridgehead atoms. The van der Waals surface area contributed by atoms with E-state index in [1.807, 2.05) is 26.2 Å². The van der Waals surface area contributed by atoms with Crippen LogP contribution in [-0.2, 0) is 0 Å². The van der Waals surface area contributed by atoms with Gasteiger partial charge in [0.2, 0.25) is 0 Å². The predicted octanol–water partition coefficient (Wildman–Crippen LogP) is 6.51. The largest absolute Gasteiger partial charge is 0.368 e. The topological polar surface area (TPSA) is 32.3 Å². The summed E-state index contributed by atoms with van der Waals surface area (Å²) < 4.78 is 0. The van der Waals surface area contributed by atoms with Gasteiger partial charge in [0.25, 0.3) is 0 Å². The molecule has 0 radical (unpaired) electrons. The molecule has 4 nitrogen and oxygen atoms in total. The average molecular weight is 463 g/mol. The van der Waals surface area contributed by atoms with E-state index in [0.29, 0.717) is 0 Å². The molecule has 3 heterocycles. The van der Waals surface area contributed by atoms with E-state index in [-0.39, 0.29) is 0 Å². The van der Waals surface area contributed by atoms with Crippen LogP contribution in [0.5, 0.6) is 0 Å². The molecule has 0 amide bonds. The first-order valence-corrected chi connectivity index (χ1v) is 12.6. The molecule has 5 rings (SSSR count). The SMILES string of the molecule is Cc1ccc(N2CCN(c3ccc(C)cc3)CC2)cc1.Cc1ncc(-c2cnc(C)s2)s1. The maximum atomic E-state index is 4.20. The van der Waals surface area contributed by atoms with Crippen LogP contribution in [0.1, 0.15) is 21.1 Å². The van der Waals surface area contributed by atoms with Gasteiger partial charge in [0.05, 0.1) is 19.8 Å². The van der Waals surface area contributed by atoms with E-state index in [2.05, 4.69) is 82.1 Å². The monoisotopic (exact) mass is 462 g/mol.